The van der Waals surface area contributed by atoms with Crippen molar-refractivity contribution in [2.24, 2.45) is 0 Å². The van der Waals surface area contributed by atoms with Gasteiger partial charge in [-0.2, -0.15) is 0 Å². The molecule has 0 saturated heterocycles. The fraction of sp³-hybridized carbons (Fsp3) is 0.647. The summed E-state index contributed by atoms with van der Waals surface area (Å²) in [6.07, 6.45) is 1.58. The SMILES string of the molecule is COc1cc(CNCCCCN(C)C(=O)OC(C)(C)C)cc(Cl)n1. The van der Waals surface area contributed by atoms with Crippen LogP contribution < -0.4 is 10.1 Å². The minimum Gasteiger partial charge on any atom is -0.481 e. The molecule has 0 aliphatic rings. The van der Waals surface area contributed by atoms with Gasteiger partial charge in [0.1, 0.15) is 10.8 Å². The molecule has 1 N–H and O–H groups in total. The van der Waals surface area contributed by atoms with Gasteiger partial charge in [-0.15, -0.1) is 0 Å². The zero-order chi connectivity index (χ0) is 18.2. The van der Waals surface area contributed by atoms with E-state index in [4.69, 9.17) is 21.1 Å². The molecule has 1 rings (SSSR count). The molecule has 0 fully saturated rings. The van der Waals surface area contributed by atoms with Crippen molar-refractivity contribution < 1.29 is 14.3 Å². The number of carbonyl (C=O) groups excluding carboxylic acids is 1. The van der Waals surface area contributed by atoms with Crippen LogP contribution in [0.15, 0.2) is 12.1 Å². The number of aromatic nitrogens is 1. The van der Waals surface area contributed by atoms with Gasteiger partial charge in [-0.25, -0.2) is 9.78 Å². The highest BCUT2D eigenvalue weighted by Crippen LogP contribution is 2.15. The lowest BCUT2D eigenvalue weighted by Crippen LogP contribution is -2.34. The molecule has 6 nitrogen and oxygen atoms in total. The summed E-state index contributed by atoms with van der Waals surface area (Å²) in [7, 11) is 3.32. The fourth-order valence-electron chi connectivity index (χ4n) is 1.99. The van der Waals surface area contributed by atoms with Crippen molar-refractivity contribution in [2.45, 2.75) is 45.8 Å². The van der Waals surface area contributed by atoms with E-state index in [0.717, 1.165) is 24.9 Å². The Morgan fingerprint density at radius 3 is 2.67 bits per heavy atom. The second-order valence-electron chi connectivity index (χ2n) is 6.63. The quantitative estimate of drug-likeness (QED) is 0.570. The van der Waals surface area contributed by atoms with Gasteiger partial charge in [-0.05, 0) is 51.8 Å². The molecule has 1 amide bonds. The van der Waals surface area contributed by atoms with Crippen LogP contribution in [0.4, 0.5) is 4.79 Å². The van der Waals surface area contributed by atoms with Crippen LogP contribution in [-0.4, -0.2) is 48.8 Å². The van der Waals surface area contributed by atoms with Crippen LogP contribution in [0, 0.1) is 0 Å². The standard InChI is InChI=1S/C17H28ClN3O3/c1-17(2,3)24-16(22)21(4)9-7-6-8-19-12-13-10-14(18)20-15(11-13)23-5/h10-11,19H,6-9,12H2,1-5H3. The lowest BCUT2D eigenvalue weighted by atomic mass is 10.2. The van der Waals surface area contributed by atoms with E-state index < -0.39 is 5.60 Å². The topological polar surface area (TPSA) is 63.7 Å². The van der Waals surface area contributed by atoms with Crippen molar-refractivity contribution in [3.05, 3.63) is 22.8 Å². The number of amides is 1. The van der Waals surface area contributed by atoms with Crippen molar-refractivity contribution in [3.8, 4) is 5.88 Å². The molecule has 7 heteroatoms. The molecule has 0 aliphatic heterocycles. The zero-order valence-electron chi connectivity index (χ0n) is 15.2. The Bertz CT molecular complexity index is 532. The first kappa shape index (κ1) is 20.5. The molecule has 0 atom stereocenters. The number of carbonyl (C=O) groups is 1. The predicted octanol–water partition coefficient (Wildman–Crippen LogP) is 3.48. The van der Waals surface area contributed by atoms with E-state index in [-0.39, 0.29) is 6.09 Å². The number of hydrogen-bond acceptors (Lipinski definition) is 5. The van der Waals surface area contributed by atoms with E-state index in [0.29, 0.717) is 24.1 Å². The van der Waals surface area contributed by atoms with Crippen molar-refractivity contribution in [1.82, 2.24) is 15.2 Å². The molecule has 0 aliphatic carbocycles. The number of pyridine rings is 1. The fourth-order valence-corrected chi connectivity index (χ4v) is 2.22. The highest BCUT2D eigenvalue weighted by atomic mass is 35.5. The monoisotopic (exact) mass is 357 g/mol. The third kappa shape index (κ3) is 8.36. The Morgan fingerprint density at radius 1 is 1.33 bits per heavy atom. The van der Waals surface area contributed by atoms with Gasteiger partial charge in [0.25, 0.3) is 0 Å². The maximum Gasteiger partial charge on any atom is 0.410 e. The molecule has 1 aromatic heterocycles. The van der Waals surface area contributed by atoms with E-state index in [1.165, 1.54) is 0 Å². The molecular weight excluding hydrogens is 330 g/mol. The van der Waals surface area contributed by atoms with Gasteiger partial charge in [-0.1, -0.05) is 11.6 Å². The summed E-state index contributed by atoms with van der Waals surface area (Å²) >= 11 is 5.93. The Hall–Kier alpha value is -1.53. The third-order valence-electron chi connectivity index (χ3n) is 3.17. The number of nitrogens with one attached hydrogen (secondary N) is 1. The van der Waals surface area contributed by atoms with E-state index in [2.05, 4.69) is 10.3 Å². The van der Waals surface area contributed by atoms with Crippen LogP contribution >= 0.6 is 11.6 Å². The smallest absolute Gasteiger partial charge is 0.410 e. The average molecular weight is 358 g/mol. The Morgan fingerprint density at radius 2 is 2.04 bits per heavy atom. The van der Waals surface area contributed by atoms with Crippen LogP contribution in [0.1, 0.15) is 39.2 Å². The van der Waals surface area contributed by atoms with E-state index in [9.17, 15) is 4.79 Å². The van der Waals surface area contributed by atoms with Gasteiger partial charge >= 0.3 is 6.09 Å². The van der Waals surface area contributed by atoms with Gasteiger partial charge in [0.2, 0.25) is 5.88 Å². The Balaban J connectivity index is 2.20. The molecule has 0 aromatic carbocycles. The first-order chi connectivity index (χ1) is 11.2. The second-order valence-corrected chi connectivity index (χ2v) is 7.01. The lowest BCUT2D eigenvalue weighted by Gasteiger charge is -2.24. The minimum absolute atomic E-state index is 0.283. The summed E-state index contributed by atoms with van der Waals surface area (Å²) in [4.78, 5) is 17.5. The van der Waals surface area contributed by atoms with Crippen molar-refractivity contribution in [3.63, 3.8) is 0 Å². The van der Waals surface area contributed by atoms with E-state index in [1.807, 2.05) is 32.9 Å². The normalized spacial score (nSPS) is 11.2. The maximum atomic E-state index is 11.8. The summed E-state index contributed by atoms with van der Waals surface area (Å²) in [5, 5.41) is 3.77. The number of unbranched alkanes of at least 4 members (excludes halogenated alkanes) is 1. The zero-order valence-corrected chi connectivity index (χ0v) is 15.9. The summed E-state index contributed by atoms with van der Waals surface area (Å²) in [6, 6.07) is 3.67. The molecule has 24 heavy (non-hydrogen) atoms. The maximum absolute atomic E-state index is 11.8. The van der Waals surface area contributed by atoms with E-state index in [1.54, 1.807) is 19.1 Å². The average Bonchev–Trinajstić information content (AvgIpc) is 2.48. The molecule has 136 valence electrons. The highest BCUT2D eigenvalue weighted by molar-refractivity contribution is 6.29. The summed E-state index contributed by atoms with van der Waals surface area (Å²) in [5.74, 6) is 0.512. The Labute approximate surface area is 149 Å². The third-order valence-corrected chi connectivity index (χ3v) is 3.36. The summed E-state index contributed by atoms with van der Waals surface area (Å²) in [6.45, 7) is 7.81. The molecule has 0 radical (unpaired) electrons. The van der Waals surface area contributed by atoms with Gasteiger partial charge < -0.3 is 19.7 Å². The summed E-state index contributed by atoms with van der Waals surface area (Å²) < 4.78 is 10.4. The molecule has 0 saturated carbocycles. The number of halogens is 1. The van der Waals surface area contributed by atoms with Crippen LogP contribution in [0.25, 0.3) is 0 Å². The minimum atomic E-state index is -0.459. The largest absolute Gasteiger partial charge is 0.481 e. The number of hydrogen-bond donors (Lipinski definition) is 1. The van der Waals surface area contributed by atoms with Gasteiger partial charge in [0, 0.05) is 26.2 Å². The number of ether oxygens (including phenoxy) is 2. The molecule has 1 aromatic rings. The molecule has 1 heterocycles. The van der Waals surface area contributed by atoms with Gasteiger partial charge in [0.05, 0.1) is 7.11 Å². The van der Waals surface area contributed by atoms with Crippen LogP contribution in [-0.2, 0) is 11.3 Å². The van der Waals surface area contributed by atoms with E-state index >= 15 is 0 Å². The molecule has 0 spiro atoms. The molecular formula is C17H28ClN3O3. The highest BCUT2D eigenvalue weighted by Gasteiger charge is 2.18. The number of rotatable bonds is 8. The first-order valence-corrected chi connectivity index (χ1v) is 8.44. The first-order valence-electron chi connectivity index (χ1n) is 8.06. The van der Waals surface area contributed by atoms with Crippen LogP contribution in [0.2, 0.25) is 5.15 Å². The molecule has 0 bridgehead atoms. The van der Waals surface area contributed by atoms with Crippen LogP contribution in [0.3, 0.4) is 0 Å². The predicted molar refractivity (Wildman–Crippen MR) is 95.6 cm³/mol. The summed E-state index contributed by atoms with van der Waals surface area (Å²) in [5.41, 5.74) is 0.567. The number of methoxy groups -OCH3 is 1. The van der Waals surface area contributed by atoms with Crippen molar-refractivity contribution >= 4 is 17.7 Å². The van der Waals surface area contributed by atoms with Crippen molar-refractivity contribution in [1.29, 1.82) is 0 Å². The number of nitrogens with zero attached hydrogens (tertiary/aromatic N) is 2. The Kier molecular flexibility index (Phi) is 8.28. The van der Waals surface area contributed by atoms with Gasteiger partial charge in [-0.3, -0.25) is 0 Å². The van der Waals surface area contributed by atoms with Gasteiger partial charge in [0.15, 0.2) is 0 Å². The van der Waals surface area contributed by atoms with Crippen molar-refractivity contribution in [2.75, 3.05) is 27.2 Å². The lowest BCUT2D eigenvalue weighted by molar-refractivity contribution is 0.0296. The molecule has 0 unspecified atom stereocenters. The second kappa shape index (κ2) is 9.69. The van der Waals surface area contributed by atoms with Crippen LogP contribution in [0.5, 0.6) is 5.88 Å².